The summed E-state index contributed by atoms with van der Waals surface area (Å²) in [6.45, 7) is 1.02. The van der Waals surface area contributed by atoms with Gasteiger partial charge in [0.2, 0.25) is 0 Å². The number of rotatable bonds is 8. The number of carbonyl (C=O) groups is 1. The van der Waals surface area contributed by atoms with E-state index in [0.717, 1.165) is 4.31 Å². The van der Waals surface area contributed by atoms with Crippen LogP contribution >= 0.6 is 23.2 Å². The van der Waals surface area contributed by atoms with Crippen LogP contribution in [0, 0.1) is 10.1 Å². The van der Waals surface area contributed by atoms with E-state index in [1.807, 2.05) is 0 Å². The van der Waals surface area contributed by atoms with Crippen LogP contribution in [0.25, 0.3) is 0 Å². The largest absolute Gasteiger partial charge is 0.271 e. The number of non-ortho nitro benzene ring substituents is 1. The first-order valence-electron chi connectivity index (χ1n) is 9.70. The van der Waals surface area contributed by atoms with Gasteiger partial charge in [0, 0.05) is 22.2 Å². The SMILES string of the molecule is C/C(=N/NC(=O)CN(c1cccc(Cl)c1)S(=O)(=O)c1ccc(Cl)cc1)c1ccc([N+](=O)[O-])cc1. The summed E-state index contributed by atoms with van der Waals surface area (Å²) in [4.78, 5) is 22.9. The molecule has 34 heavy (non-hydrogen) atoms. The lowest BCUT2D eigenvalue weighted by molar-refractivity contribution is -0.384. The lowest BCUT2D eigenvalue weighted by Crippen LogP contribution is -2.39. The molecule has 0 aliphatic heterocycles. The maximum Gasteiger partial charge on any atom is 0.269 e. The van der Waals surface area contributed by atoms with Crippen LogP contribution < -0.4 is 9.73 Å². The van der Waals surface area contributed by atoms with Crippen molar-refractivity contribution in [1.82, 2.24) is 5.43 Å². The maximum absolute atomic E-state index is 13.3. The van der Waals surface area contributed by atoms with Crippen molar-refractivity contribution in [2.24, 2.45) is 5.10 Å². The molecule has 176 valence electrons. The summed E-state index contributed by atoms with van der Waals surface area (Å²) in [7, 11) is -4.14. The molecule has 3 aromatic carbocycles. The van der Waals surface area contributed by atoms with Crippen molar-refractivity contribution in [2.45, 2.75) is 11.8 Å². The zero-order chi connectivity index (χ0) is 24.9. The molecule has 3 aromatic rings. The Morgan fingerprint density at radius 1 is 1.03 bits per heavy atom. The first kappa shape index (κ1) is 25.2. The molecule has 0 saturated heterocycles. The Bertz CT molecular complexity index is 1340. The van der Waals surface area contributed by atoms with Gasteiger partial charge in [0.05, 0.1) is 21.2 Å². The molecule has 3 rings (SSSR count). The van der Waals surface area contributed by atoms with Crippen molar-refractivity contribution in [2.75, 3.05) is 10.8 Å². The third-order valence-electron chi connectivity index (χ3n) is 4.63. The predicted molar refractivity (Wildman–Crippen MR) is 131 cm³/mol. The fourth-order valence-corrected chi connectivity index (χ4v) is 4.60. The van der Waals surface area contributed by atoms with E-state index < -0.39 is 27.4 Å². The molecule has 0 bridgehead atoms. The third kappa shape index (κ3) is 6.10. The van der Waals surface area contributed by atoms with Crippen molar-refractivity contribution < 1.29 is 18.1 Å². The average Bonchev–Trinajstić information content (AvgIpc) is 2.81. The van der Waals surface area contributed by atoms with Gasteiger partial charge in [-0.25, -0.2) is 13.8 Å². The fraction of sp³-hybridized carbons (Fsp3) is 0.0909. The van der Waals surface area contributed by atoms with Crippen LogP contribution in [0.3, 0.4) is 0 Å². The fourth-order valence-electron chi connectivity index (χ4n) is 2.88. The molecule has 0 heterocycles. The number of benzene rings is 3. The molecule has 0 saturated carbocycles. The first-order chi connectivity index (χ1) is 16.1. The molecule has 0 aromatic heterocycles. The quantitative estimate of drug-likeness (QED) is 0.263. The first-order valence-corrected chi connectivity index (χ1v) is 11.9. The topological polar surface area (TPSA) is 122 Å². The van der Waals surface area contributed by atoms with Gasteiger partial charge in [0.1, 0.15) is 6.54 Å². The second-order valence-electron chi connectivity index (χ2n) is 6.98. The summed E-state index contributed by atoms with van der Waals surface area (Å²) in [6.07, 6.45) is 0. The molecule has 0 fully saturated rings. The number of carbonyl (C=O) groups excluding carboxylic acids is 1. The summed E-state index contributed by atoms with van der Waals surface area (Å²) in [5, 5.41) is 15.4. The van der Waals surface area contributed by atoms with Crippen molar-refractivity contribution in [3.63, 3.8) is 0 Å². The Hall–Kier alpha value is -3.47. The Morgan fingerprint density at radius 3 is 2.26 bits per heavy atom. The van der Waals surface area contributed by atoms with E-state index in [2.05, 4.69) is 10.5 Å². The zero-order valence-electron chi connectivity index (χ0n) is 17.7. The molecule has 1 N–H and O–H groups in total. The number of nitrogens with zero attached hydrogens (tertiary/aromatic N) is 3. The minimum Gasteiger partial charge on any atom is -0.271 e. The summed E-state index contributed by atoms with van der Waals surface area (Å²) in [5.74, 6) is -0.709. The van der Waals surface area contributed by atoms with Gasteiger partial charge < -0.3 is 0 Å². The molecule has 0 atom stereocenters. The standard InChI is InChI=1S/C22H18Cl2N4O5S/c1-15(16-5-9-19(10-6-16)28(30)31)25-26-22(29)14-27(20-4-2-3-18(24)13-20)34(32,33)21-11-7-17(23)8-12-21/h2-13H,14H2,1H3,(H,26,29)/b25-15-. The molecular weight excluding hydrogens is 503 g/mol. The number of nitro benzene ring substituents is 1. The highest BCUT2D eigenvalue weighted by Crippen LogP contribution is 2.26. The smallest absolute Gasteiger partial charge is 0.269 e. The number of anilines is 1. The monoisotopic (exact) mass is 520 g/mol. The highest BCUT2D eigenvalue weighted by atomic mass is 35.5. The van der Waals surface area contributed by atoms with E-state index in [0.29, 0.717) is 21.3 Å². The van der Waals surface area contributed by atoms with Gasteiger partial charge in [-0.05, 0) is 67.1 Å². The van der Waals surface area contributed by atoms with Gasteiger partial charge in [-0.1, -0.05) is 29.3 Å². The van der Waals surface area contributed by atoms with Crippen LogP contribution in [0.15, 0.2) is 82.8 Å². The van der Waals surface area contributed by atoms with E-state index in [4.69, 9.17) is 23.2 Å². The van der Waals surface area contributed by atoms with Crippen LogP contribution in [-0.4, -0.2) is 31.5 Å². The minimum absolute atomic E-state index is 0.0600. The van der Waals surface area contributed by atoms with Crippen LogP contribution in [0.2, 0.25) is 10.0 Å². The molecule has 9 nitrogen and oxygen atoms in total. The highest BCUT2D eigenvalue weighted by molar-refractivity contribution is 7.92. The van der Waals surface area contributed by atoms with Crippen molar-refractivity contribution in [3.8, 4) is 0 Å². The molecule has 0 unspecified atom stereocenters. The van der Waals surface area contributed by atoms with Crippen LogP contribution in [0.4, 0.5) is 11.4 Å². The number of hydrogen-bond acceptors (Lipinski definition) is 6. The van der Waals surface area contributed by atoms with Gasteiger partial charge in [-0.3, -0.25) is 19.2 Å². The molecule has 0 spiro atoms. The van der Waals surface area contributed by atoms with E-state index >= 15 is 0 Å². The number of halogens is 2. The number of nitrogens with one attached hydrogen (secondary N) is 1. The lowest BCUT2D eigenvalue weighted by Gasteiger charge is -2.24. The Kier molecular flexibility index (Phi) is 7.87. The Balaban J connectivity index is 1.84. The normalized spacial score (nSPS) is 11.7. The predicted octanol–water partition coefficient (Wildman–Crippen LogP) is 4.64. The molecule has 0 aliphatic carbocycles. The van der Waals surface area contributed by atoms with E-state index in [-0.39, 0.29) is 16.3 Å². The van der Waals surface area contributed by atoms with E-state index in [1.165, 1.54) is 60.7 Å². The van der Waals surface area contributed by atoms with Gasteiger partial charge in [0.15, 0.2) is 0 Å². The minimum atomic E-state index is -4.14. The van der Waals surface area contributed by atoms with Crippen molar-refractivity contribution >= 4 is 56.2 Å². The third-order valence-corrected chi connectivity index (χ3v) is 6.90. The van der Waals surface area contributed by atoms with Gasteiger partial charge >= 0.3 is 0 Å². The van der Waals surface area contributed by atoms with Crippen molar-refractivity contribution in [3.05, 3.63) is 98.5 Å². The summed E-state index contributed by atoms with van der Waals surface area (Å²) in [6, 6.07) is 17.2. The maximum atomic E-state index is 13.3. The average molecular weight is 521 g/mol. The molecular formula is C22H18Cl2N4O5S. The molecule has 0 radical (unpaired) electrons. The molecule has 1 amide bonds. The summed E-state index contributed by atoms with van der Waals surface area (Å²) < 4.78 is 27.5. The summed E-state index contributed by atoms with van der Waals surface area (Å²) in [5.41, 5.74) is 3.35. The lowest BCUT2D eigenvalue weighted by atomic mass is 10.1. The summed E-state index contributed by atoms with van der Waals surface area (Å²) >= 11 is 11.9. The molecule has 0 aliphatic rings. The van der Waals surface area contributed by atoms with Gasteiger partial charge in [-0.15, -0.1) is 0 Å². The molecule has 12 heteroatoms. The number of amides is 1. The van der Waals surface area contributed by atoms with Crippen molar-refractivity contribution in [1.29, 1.82) is 0 Å². The van der Waals surface area contributed by atoms with Crippen LogP contribution in [0.5, 0.6) is 0 Å². The van der Waals surface area contributed by atoms with Gasteiger partial charge in [-0.2, -0.15) is 5.10 Å². The zero-order valence-corrected chi connectivity index (χ0v) is 20.0. The number of hydrazone groups is 1. The van der Waals surface area contributed by atoms with Crippen LogP contribution in [-0.2, 0) is 14.8 Å². The highest BCUT2D eigenvalue weighted by Gasteiger charge is 2.27. The van der Waals surface area contributed by atoms with Crippen LogP contribution in [0.1, 0.15) is 12.5 Å². The number of hydrogen-bond donors (Lipinski definition) is 1. The second-order valence-corrected chi connectivity index (χ2v) is 9.72. The Morgan fingerprint density at radius 2 is 1.68 bits per heavy atom. The number of sulfonamides is 1. The number of nitro groups is 1. The van der Waals surface area contributed by atoms with E-state index in [9.17, 15) is 23.3 Å². The second kappa shape index (κ2) is 10.6. The Labute approximate surface area is 205 Å². The van der Waals surface area contributed by atoms with Gasteiger partial charge in [0.25, 0.3) is 21.6 Å². The van der Waals surface area contributed by atoms with E-state index in [1.54, 1.807) is 19.1 Å².